The van der Waals surface area contributed by atoms with E-state index in [2.05, 4.69) is 131 Å². The molecule has 4 aliphatic carbocycles. The normalized spacial score (nSPS) is 20.0. The second-order valence-corrected chi connectivity index (χ2v) is 10.4. The summed E-state index contributed by atoms with van der Waals surface area (Å²) in [5.41, 5.74) is 15.0. The highest BCUT2D eigenvalue weighted by Gasteiger charge is 2.38. The Morgan fingerprint density at radius 3 is 2.53 bits per heavy atom. The highest BCUT2D eigenvalue weighted by Crippen LogP contribution is 2.53. The minimum atomic E-state index is 0.270. The van der Waals surface area contributed by atoms with Crippen molar-refractivity contribution in [1.29, 1.82) is 0 Å². The van der Waals surface area contributed by atoms with E-state index in [9.17, 15) is 0 Å². The molecule has 178 valence electrons. The van der Waals surface area contributed by atoms with Crippen LogP contribution in [0, 0.1) is 5.92 Å². The van der Waals surface area contributed by atoms with Gasteiger partial charge in [-0.25, -0.2) is 4.98 Å². The quantitative estimate of drug-likeness (QED) is 0.250. The Balaban J connectivity index is 1.36. The summed E-state index contributed by atoms with van der Waals surface area (Å²) >= 11 is 0. The summed E-state index contributed by atoms with van der Waals surface area (Å²) in [6, 6.07) is 25.8. The molecule has 0 spiro atoms. The minimum Gasteiger partial charge on any atom is -0.306 e. The number of benzene rings is 3. The highest BCUT2D eigenvalue weighted by atomic mass is 15.2. The van der Waals surface area contributed by atoms with Gasteiger partial charge in [0.15, 0.2) is 0 Å². The first-order valence-electron chi connectivity index (χ1n) is 13.3. The van der Waals surface area contributed by atoms with E-state index in [0.717, 1.165) is 46.0 Å². The third-order valence-electron chi connectivity index (χ3n) is 8.39. The molecular formula is C35H23N3. The molecule has 1 aromatic heterocycles. The third kappa shape index (κ3) is 2.55. The molecule has 4 aromatic rings. The zero-order valence-corrected chi connectivity index (χ0v) is 20.7. The van der Waals surface area contributed by atoms with Crippen LogP contribution in [0.25, 0.3) is 22.3 Å². The van der Waals surface area contributed by atoms with Gasteiger partial charge in [-0.1, -0.05) is 78.9 Å². The Morgan fingerprint density at radius 2 is 1.61 bits per heavy atom. The van der Waals surface area contributed by atoms with Gasteiger partial charge in [-0.2, -0.15) is 0 Å². The number of aromatic nitrogens is 2. The number of fused-ring (bicyclic) bond motifs is 2. The largest absolute Gasteiger partial charge is 0.306 e. The molecule has 5 aliphatic rings. The van der Waals surface area contributed by atoms with E-state index < -0.39 is 0 Å². The van der Waals surface area contributed by atoms with E-state index in [0.29, 0.717) is 0 Å². The van der Waals surface area contributed by atoms with Crippen LogP contribution in [0.5, 0.6) is 0 Å². The van der Waals surface area contributed by atoms with E-state index >= 15 is 0 Å². The van der Waals surface area contributed by atoms with E-state index in [1.54, 1.807) is 0 Å². The predicted molar refractivity (Wildman–Crippen MR) is 155 cm³/mol. The average Bonchev–Trinajstić information content (AvgIpc) is 3.37. The lowest BCUT2D eigenvalue weighted by atomic mass is 9.67. The summed E-state index contributed by atoms with van der Waals surface area (Å²) in [5, 5.41) is 0. The van der Waals surface area contributed by atoms with Crippen molar-refractivity contribution >= 4 is 33.7 Å². The maximum atomic E-state index is 5.35. The molecule has 1 unspecified atom stereocenters. The monoisotopic (exact) mass is 485 g/mol. The summed E-state index contributed by atoms with van der Waals surface area (Å²) < 4.78 is 2.40. The topological polar surface area (TPSA) is 21.1 Å². The van der Waals surface area contributed by atoms with Crippen LogP contribution >= 0.6 is 0 Å². The lowest BCUT2D eigenvalue weighted by Crippen LogP contribution is -2.24. The van der Waals surface area contributed by atoms with Gasteiger partial charge in [0.05, 0.1) is 28.1 Å². The number of nitrogens with zero attached hydrogens (tertiary/aromatic N) is 3. The van der Waals surface area contributed by atoms with Gasteiger partial charge in [-0.15, -0.1) is 0 Å². The van der Waals surface area contributed by atoms with Crippen LogP contribution in [-0.2, 0) is 0 Å². The molecule has 0 saturated heterocycles. The Bertz CT molecular complexity index is 1940. The fourth-order valence-corrected chi connectivity index (χ4v) is 6.86. The molecule has 38 heavy (non-hydrogen) atoms. The smallest absolute Gasteiger partial charge is 0.146 e. The summed E-state index contributed by atoms with van der Waals surface area (Å²) in [5.74, 6) is 1.29. The van der Waals surface area contributed by atoms with Crippen molar-refractivity contribution in [2.75, 3.05) is 4.90 Å². The number of hydrogen-bond donors (Lipinski definition) is 0. The number of hydrogen-bond acceptors (Lipinski definition) is 2. The number of rotatable bonds is 2. The molecular weight excluding hydrogens is 462 g/mol. The lowest BCUT2D eigenvalue weighted by Gasteiger charge is -2.38. The summed E-state index contributed by atoms with van der Waals surface area (Å²) in [6.07, 6.45) is 19.3. The molecule has 0 radical (unpaired) electrons. The van der Waals surface area contributed by atoms with Gasteiger partial charge >= 0.3 is 0 Å². The molecule has 0 bridgehead atoms. The average molecular weight is 486 g/mol. The third-order valence-corrected chi connectivity index (χ3v) is 8.39. The van der Waals surface area contributed by atoms with Crippen LogP contribution in [0.2, 0.25) is 0 Å². The number of allylic oxidation sites excluding steroid dienone is 14. The minimum absolute atomic E-state index is 0.270. The molecule has 1 aliphatic heterocycles. The molecule has 3 heteroatoms. The van der Waals surface area contributed by atoms with Gasteiger partial charge in [0, 0.05) is 17.2 Å². The van der Waals surface area contributed by atoms with Gasteiger partial charge < -0.3 is 4.90 Å². The Morgan fingerprint density at radius 1 is 0.763 bits per heavy atom. The molecule has 1 atom stereocenters. The molecule has 0 N–H and O–H groups in total. The fourth-order valence-electron chi connectivity index (χ4n) is 6.86. The highest BCUT2D eigenvalue weighted by molar-refractivity contribution is 6.03. The van der Waals surface area contributed by atoms with Crippen molar-refractivity contribution in [2.24, 2.45) is 5.92 Å². The van der Waals surface area contributed by atoms with Crippen LogP contribution in [0.3, 0.4) is 0 Å². The van der Waals surface area contributed by atoms with Crippen LogP contribution in [0.1, 0.15) is 12.2 Å². The maximum absolute atomic E-state index is 5.35. The van der Waals surface area contributed by atoms with Crippen LogP contribution in [0.15, 0.2) is 149 Å². The molecule has 0 saturated carbocycles. The Hall–Kier alpha value is -4.89. The summed E-state index contributed by atoms with van der Waals surface area (Å²) in [6.45, 7) is 0. The summed E-state index contributed by atoms with van der Waals surface area (Å²) in [4.78, 5) is 7.72. The SMILES string of the molecule is C1=CC2=CC=C3C=CCC4=C3C2C(=C1)C(c1nc2cccc3c2n1-c1ccccc1N3c1ccccc1)=C4. The van der Waals surface area contributed by atoms with Crippen molar-refractivity contribution in [3.8, 4) is 5.69 Å². The van der Waals surface area contributed by atoms with E-state index in [1.807, 2.05) is 0 Å². The standard InChI is InChI=1S/C35H23N3/c1-2-12-25(13-3-1)37-29-16-4-5-17-30(29)38-34-28(15-8-18-31(34)37)36-35(38)27-21-24-11-6-9-22-19-20-23-10-7-14-26(27)33(23)32(22)24/h1-10,12-21,33H,11H2. The molecule has 3 nitrogen and oxygen atoms in total. The maximum Gasteiger partial charge on any atom is 0.146 e. The number of para-hydroxylation sites is 4. The molecule has 3 aromatic carbocycles. The van der Waals surface area contributed by atoms with Crippen LogP contribution in [0.4, 0.5) is 17.1 Å². The van der Waals surface area contributed by atoms with Gasteiger partial charge in [0.2, 0.25) is 0 Å². The van der Waals surface area contributed by atoms with Crippen molar-refractivity contribution < 1.29 is 0 Å². The van der Waals surface area contributed by atoms with Crippen molar-refractivity contribution in [1.82, 2.24) is 9.55 Å². The first-order chi connectivity index (χ1) is 18.9. The first-order valence-corrected chi connectivity index (χ1v) is 13.3. The first kappa shape index (κ1) is 20.2. The van der Waals surface area contributed by atoms with Gasteiger partial charge in [0.1, 0.15) is 5.82 Å². The van der Waals surface area contributed by atoms with E-state index in [4.69, 9.17) is 4.98 Å². The van der Waals surface area contributed by atoms with E-state index in [1.165, 1.54) is 33.4 Å². The fraction of sp³-hybridized carbons (Fsp3) is 0.0571. The second-order valence-electron chi connectivity index (χ2n) is 10.4. The number of anilines is 3. The predicted octanol–water partition coefficient (Wildman–Crippen LogP) is 8.44. The van der Waals surface area contributed by atoms with Crippen molar-refractivity contribution in [3.05, 3.63) is 155 Å². The molecule has 9 rings (SSSR count). The Kier molecular flexibility index (Phi) is 3.90. The lowest BCUT2D eigenvalue weighted by molar-refractivity contribution is 0.837. The second kappa shape index (κ2) is 7.33. The number of imidazole rings is 1. The molecule has 0 amide bonds. The zero-order chi connectivity index (χ0) is 24.8. The van der Waals surface area contributed by atoms with Gasteiger partial charge in [0.25, 0.3) is 0 Å². The van der Waals surface area contributed by atoms with Crippen molar-refractivity contribution in [2.45, 2.75) is 6.42 Å². The van der Waals surface area contributed by atoms with Crippen LogP contribution in [-0.4, -0.2) is 9.55 Å². The van der Waals surface area contributed by atoms with Crippen LogP contribution < -0.4 is 4.90 Å². The van der Waals surface area contributed by atoms with Gasteiger partial charge in [-0.3, -0.25) is 4.57 Å². The zero-order valence-electron chi connectivity index (χ0n) is 20.7. The molecule has 0 fully saturated rings. The Labute approximate surface area is 221 Å². The molecule has 2 heterocycles. The summed E-state index contributed by atoms with van der Waals surface area (Å²) in [7, 11) is 0. The van der Waals surface area contributed by atoms with Crippen molar-refractivity contribution in [3.63, 3.8) is 0 Å². The van der Waals surface area contributed by atoms with Gasteiger partial charge in [-0.05, 0) is 76.8 Å². The van der Waals surface area contributed by atoms with E-state index in [-0.39, 0.29) is 5.92 Å².